The van der Waals surface area contributed by atoms with Gasteiger partial charge in [0.15, 0.2) is 11.4 Å². The Morgan fingerprint density at radius 1 is 0.967 bits per heavy atom. The van der Waals surface area contributed by atoms with E-state index in [4.69, 9.17) is 18.6 Å². The highest BCUT2D eigenvalue weighted by Crippen LogP contribution is 2.33. The summed E-state index contributed by atoms with van der Waals surface area (Å²) in [5.41, 5.74) is 2.00. The molecule has 5 rings (SSSR count). The summed E-state index contributed by atoms with van der Waals surface area (Å²) in [6, 6.07) is 3.86. The van der Waals surface area contributed by atoms with Gasteiger partial charge in [0.25, 0.3) is 0 Å². The molecule has 30 heavy (non-hydrogen) atoms. The van der Waals surface area contributed by atoms with E-state index in [2.05, 4.69) is 24.8 Å². The van der Waals surface area contributed by atoms with Crippen LogP contribution in [0.2, 0.25) is 0 Å². The molecular formula is C21H27N5O4. The van der Waals surface area contributed by atoms with Gasteiger partial charge in [0.1, 0.15) is 11.3 Å². The number of anilines is 1. The molecule has 0 atom stereocenters. The topological polar surface area (TPSA) is 86.0 Å². The van der Waals surface area contributed by atoms with Crippen LogP contribution in [0.25, 0.3) is 22.2 Å². The minimum atomic E-state index is 0.532. The first-order valence-electron chi connectivity index (χ1n) is 10.6. The van der Waals surface area contributed by atoms with E-state index in [1.165, 1.54) is 0 Å². The van der Waals surface area contributed by atoms with Gasteiger partial charge in [-0.05, 0) is 19.4 Å². The Balaban J connectivity index is 1.33. The summed E-state index contributed by atoms with van der Waals surface area (Å²) in [6.45, 7) is 10.1. The third kappa shape index (κ3) is 4.05. The quantitative estimate of drug-likeness (QED) is 0.563. The summed E-state index contributed by atoms with van der Waals surface area (Å²) in [7, 11) is 0. The normalized spacial score (nSPS) is 18.4. The molecule has 2 saturated heterocycles. The Kier molecular flexibility index (Phi) is 5.65. The summed E-state index contributed by atoms with van der Waals surface area (Å²) in [5.74, 6) is 2.10. The van der Waals surface area contributed by atoms with Crippen molar-refractivity contribution >= 4 is 28.0 Å². The maximum absolute atomic E-state index is 6.11. The van der Waals surface area contributed by atoms with Crippen LogP contribution in [-0.2, 0) is 9.47 Å². The second kappa shape index (κ2) is 8.71. The standard InChI is InChI=1S/C21H27N5O4/c1-15-22-18-16-3-4-17(29-10-2-5-25-6-11-27-12-7-25)24-21(16)30-19(18)20(23-15)26-8-13-28-14-9-26/h3-4H,2,5-14H2,1H3. The zero-order valence-corrected chi connectivity index (χ0v) is 17.3. The summed E-state index contributed by atoms with van der Waals surface area (Å²) in [4.78, 5) is 18.4. The van der Waals surface area contributed by atoms with E-state index >= 15 is 0 Å². The van der Waals surface area contributed by atoms with Gasteiger partial charge in [-0.25, -0.2) is 9.97 Å². The minimum Gasteiger partial charge on any atom is -0.478 e. The molecule has 160 valence electrons. The third-order valence-electron chi connectivity index (χ3n) is 5.53. The molecule has 0 bridgehead atoms. The van der Waals surface area contributed by atoms with Crippen LogP contribution in [0.1, 0.15) is 12.2 Å². The molecule has 0 amide bonds. The van der Waals surface area contributed by atoms with E-state index in [0.717, 1.165) is 74.9 Å². The van der Waals surface area contributed by atoms with Crippen LogP contribution in [0.15, 0.2) is 16.5 Å². The van der Waals surface area contributed by atoms with Gasteiger partial charge in [0.2, 0.25) is 11.6 Å². The summed E-state index contributed by atoms with van der Waals surface area (Å²) < 4.78 is 22.8. The zero-order chi connectivity index (χ0) is 20.3. The van der Waals surface area contributed by atoms with Crippen molar-refractivity contribution in [2.75, 3.05) is 70.7 Å². The largest absolute Gasteiger partial charge is 0.478 e. The first-order valence-corrected chi connectivity index (χ1v) is 10.6. The number of morpholine rings is 2. The van der Waals surface area contributed by atoms with E-state index in [0.29, 0.717) is 37.0 Å². The molecule has 0 aliphatic carbocycles. The van der Waals surface area contributed by atoms with E-state index < -0.39 is 0 Å². The molecule has 0 N–H and O–H groups in total. The number of hydrogen-bond donors (Lipinski definition) is 0. The second-order valence-corrected chi connectivity index (χ2v) is 7.63. The fourth-order valence-corrected chi connectivity index (χ4v) is 3.96. The van der Waals surface area contributed by atoms with Gasteiger partial charge >= 0.3 is 0 Å². The highest BCUT2D eigenvalue weighted by Gasteiger charge is 2.22. The van der Waals surface area contributed by atoms with E-state index in [1.807, 2.05) is 19.1 Å². The maximum Gasteiger partial charge on any atom is 0.232 e. The van der Waals surface area contributed by atoms with Gasteiger partial charge < -0.3 is 23.5 Å². The number of aryl methyl sites for hydroxylation is 1. The first-order chi connectivity index (χ1) is 14.8. The van der Waals surface area contributed by atoms with Crippen molar-refractivity contribution in [1.82, 2.24) is 19.9 Å². The molecule has 0 spiro atoms. The zero-order valence-electron chi connectivity index (χ0n) is 17.3. The summed E-state index contributed by atoms with van der Waals surface area (Å²) in [6.07, 6.45) is 0.950. The number of hydrogen-bond acceptors (Lipinski definition) is 9. The predicted octanol–water partition coefficient (Wildman–Crippen LogP) is 2.02. The average molecular weight is 413 g/mol. The summed E-state index contributed by atoms with van der Waals surface area (Å²) in [5, 5.41) is 0.880. The fraction of sp³-hybridized carbons (Fsp3) is 0.571. The fourth-order valence-electron chi connectivity index (χ4n) is 3.96. The molecule has 0 aromatic carbocycles. The Morgan fingerprint density at radius 2 is 1.73 bits per heavy atom. The smallest absolute Gasteiger partial charge is 0.232 e. The molecular weight excluding hydrogens is 386 g/mol. The second-order valence-electron chi connectivity index (χ2n) is 7.63. The van der Waals surface area contributed by atoms with Crippen molar-refractivity contribution in [3.63, 3.8) is 0 Å². The lowest BCUT2D eigenvalue weighted by atomic mass is 10.2. The van der Waals surface area contributed by atoms with Crippen LogP contribution in [0, 0.1) is 6.92 Å². The monoisotopic (exact) mass is 413 g/mol. The van der Waals surface area contributed by atoms with Crippen molar-refractivity contribution in [2.24, 2.45) is 0 Å². The van der Waals surface area contributed by atoms with Gasteiger partial charge in [-0.2, -0.15) is 4.98 Å². The highest BCUT2D eigenvalue weighted by atomic mass is 16.5. The molecule has 0 saturated carbocycles. The predicted molar refractivity (Wildman–Crippen MR) is 112 cm³/mol. The molecule has 0 unspecified atom stereocenters. The molecule has 2 fully saturated rings. The Bertz CT molecular complexity index is 1010. The number of fused-ring (bicyclic) bond motifs is 3. The van der Waals surface area contributed by atoms with Crippen LogP contribution >= 0.6 is 0 Å². The molecule has 3 aromatic heterocycles. The molecule has 0 radical (unpaired) electrons. The lowest BCUT2D eigenvalue weighted by Crippen LogP contribution is -2.37. The molecule has 9 heteroatoms. The van der Waals surface area contributed by atoms with Crippen molar-refractivity contribution in [1.29, 1.82) is 0 Å². The minimum absolute atomic E-state index is 0.532. The average Bonchev–Trinajstić information content (AvgIpc) is 3.15. The number of rotatable bonds is 6. The Hall–Kier alpha value is -2.49. The van der Waals surface area contributed by atoms with Crippen LogP contribution in [0.4, 0.5) is 5.82 Å². The number of pyridine rings is 1. The van der Waals surface area contributed by atoms with Crippen molar-refractivity contribution in [3.05, 3.63) is 18.0 Å². The van der Waals surface area contributed by atoms with E-state index in [9.17, 15) is 0 Å². The lowest BCUT2D eigenvalue weighted by molar-refractivity contribution is 0.0357. The van der Waals surface area contributed by atoms with E-state index in [1.54, 1.807) is 0 Å². The van der Waals surface area contributed by atoms with E-state index in [-0.39, 0.29) is 0 Å². The van der Waals surface area contributed by atoms with Crippen molar-refractivity contribution in [2.45, 2.75) is 13.3 Å². The number of nitrogens with zero attached hydrogens (tertiary/aromatic N) is 5. The highest BCUT2D eigenvalue weighted by molar-refractivity contribution is 6.04. The van der Waals surface area contributed by atoms with Gasteiger partial charge in [-0.15, -0.1) is 0 Å². The third-order valence-corrected chi connectivity index (χ3v) is 5.53. The maximum atomic E-state index is 6.11. The van der Waals surface area contributed by atoms with Crippen molar-refractivity contribution in [3.8, 4) is 5.88 Å². The Morgan fingerprint density at radius 3 is 2.53 bits per heavy atom. The van der Waals surface area contributed by atoms with Crippen molar-refractivity contribution < 1.29 is 18.6 Å². The van der Waals surface area contributed by atoms with Gasteiger partial charge in [-0.1, -0.05) is 0 Å². The molecule has 3 aromatic rings. The molecule has 9 nitrogen and oxygen atoms in total. The summed E-state index contributed by atoms with van der Waals surface area (Å²) >= 11 is 0. The lowest BCUT2D eigenvalue weighted by Gasteiger charge is -2.27. The van der Waals surface area contributed by atoms with Gasteiger partial charge in [0.05, 0.1) is 38.4 Å². The Labute approximate surface area is 174 Å². The SMILES string of the molecule is Cc1nc(N2CCOCC2)c2oc3nc(OCCCN4CCOCC4)ccc3c2n1. The van der Waals surface area contributed by atoms with Gasteiger partial charge in [-0.3, -0.25) is 4.90 Å². The van der Waals surface area contributed by atoms with Gasteiger partial charge in [0, 0.05) is 38.8 Å². The van der Waals surface area contributed by atoms with Crippen LogP contribution in [0.3, 0.4) is 0 Å². The first kappa shape index (κ1) is 19.5. The molecule has 5 heterocycles. The molecule has 2 aliphatic heterocycles. The molecule has 2 aliphatic rings. The van der Waals surface area contributed by atoms with Crippen LogP contribution in [-0.4, -0.2) is 85.6 Å². The number of aromatic nitrogens is 3. The number of furan rings is 1. The van der Waals surface area contributed by atoms with Crippen LogP contribution in [0.5, 0.6) is 5.88 Å². The number of ether oxygens (including phenoxy) is 3. The van der Waals surface area contributed by atoms with Crippen LogP contribution < -0.4 is 9.64 Å².